The van der Waals surface area contributed by atoms with E-state index in [0.29, 0.717) is 10.8 Å². The largest absolute Gasteiger partial charge is 0.487 e. The van der Waals surface area contributed by atoms with E-state index in [9.17, 15) is 4.39 Å². The van der Waals surface area contributed by atoms with Gasteiger partial charge in [0, 0.05) is 25.2 Å². The number of fused-ring (bicyclic) bond motifs is 1. The zero-order valence-corrected chi connectivity index (χ0v) is 19.1. The Morgan fingerprint density at radius 2 is 2.06 bits per heavy atom. The van der Waals surface area contributed by atoms with Crippen LogP contribution in [0, 0.1) is 5.82 Å². The quantitative estimate of drug-likeness (QED) is 0.495. The lowest BCUT2D eigenvalue weighted by Gasteiger charge is -2.22. The number of hydrogen-bond acceptors (Lipinski definition) is 6. The van der Waals surface area contributed by atoms with Crippen LogP contribution in [-0.4, -0.2) is 48.6 Å². The van der Waals surface area contributed by atoms with Crippen LogP contribution in [0.1, 0.15) is 17.7 Å². The van der Waals surface area contributed by atoms with Crippen LogP contribution in [0.5, 0.6) is 5.75 Å². The molecular weight excluding hydrogens is 429 g/mol. The van der Waals surface area contributed by atoms with E-state index in [1.54, 1.807) is 18.5 Å². The molecule has 0 bridgehead atoms. The van der Waals surface area contributed by atoms with E-state index in [4.69, 9.17) is 16.3 Å². The predicted octanol–water partition coefficient (Wildman–Crippen LogP) is 4.91. The van der Waals surface area contributed by atoms with Crippen molar-refractivity contribution in [2.24, 2.45) is 0 Å². The first-order chi connectivity index (χ1) is 15.5. The Hall–Kier alpha value is -2.90. The normalized spacial score (nSPS) is 12.8. The van der Waals surface area contributed by atoms with Crippen molar-refractivity contribution in [3.63, 3.8) is 0 Å². The minimum absolute atomic E-state index is 0.242. The molecule has 0 atom stereocenters. The van der Waals surface area contributed by atoms with Gasteiger partial charge in [-0.3, -0.25) is 0 Å². The molecule has 3 aromatic rings. The number of nitrogens with one attached hydrogen (secondary N) is 1. The lowest BCUT2D eigenvalue weighted by atomic mass is 10.2. The van der Waals surface area contributed by atoms with Gasteiger partial charge in [-0.1, -0.05) is 23.7 Å². The van der Waals surface area contributed by atoms with E-state index in [0.717, 1.165) is 60.9 Å². The summed E-state index contributed by atoms with van der Waals surface area (Å²) in [7, 11) is 4.17. The standard InChI is InChI=1S/C24H27ClFN5O/c1-30(2)10-4-11-31-12-9-21-23(31)24(28-16-27-21)29-19-7-8-22(20(25)14-19)32-15-17-5-3-6-18(26)13-17/h3,5-8,13-14,16H,4,9-12,15H2,1-2H3,(H,27,28,29). The number of benzene rings is 2. The first-order valence-electron chi connectivity index (χ1n) is 10.7. The first kappa shape index (κ1) is 22.3. The Labute approximate surface area is 193 Å². The Bertz CT molecular complexity index is 1080. The zero-order chi connectivity index (χ0) is 22.5. The molecule has 0 saturated heterocycles. The minimum Gasteiger partial charge on any atom is -0.487 e. The van der Waals surface area contributed by atoms with Gasteiger partial charge in [0.1, 0.15) is 30.2 Å². The van der Waals surface area contributed by atoms with Gasteiger partial charge in [-0.2, -0.15) is 0 Å². The second kappa shape index (κ2) is 10.1. The Morgan fingerprint density at radius 1 is 1.19 bits per heavy atom. The third-order valence-corrected chi connectivity index (χ3v) is 5.64. The molecule has 8 heteroatoms. The fourth-order valence-corrected chi connectivity index (χ4v) is 4.03. The van der Waals surface area contributed by atoms with Gasteiger partial charge in [0.25, 0.3) is 0 Å². The van der Waals surface area contributed by atoms with Crippen LogP contribution in [0.2, 0.25) is 5.02 Å². The zero-order valence-electron chi connectivity index (χ0n) is 18.3. The monoisotopic (exact) mass is 455 g/mol. The van der Waals surface area contributed by atoms with E-state index in [-0.39, 0.29) is 12.4 Å². The number of ether oxygens (including phenoxy) is 1. The fraction of sp³-hybridized carbons (Fsp3) is 0.333. The average Bonchev–Trinajstić information content (AvgIpc) is 3.17. The second-order valence-electron chi connectivity index (χ2n) is 8.10. The number of hydrogen-bond donors (Lipinski definition) is 1. The SMILES string of the molecule is CN(C)CCCN1CCc2ncnc(Nc3ccc(OCc4cccc(F)c4)c(Cl)c3)c21. The highest BCUT2D eigenvalue weighted by atomic mass is 35.5. The predicted molar refractivity (Wildman–Crippen MR) is 127 cm³/mol. The summed E-state index contributed by atoms with van der Waals surface area (Å²) in [5.41, 5.74) is 3.69. The molecule has 2 aromatic carbocycles. The van der Waals surface area contributed by atoms with Crippen LogP contribution in [0.3, 0.4) is 0 Å². The summed E-state index contributed by atoms with van der Waals surface area (Å²) in [6.07, 6.45) is 3.59. The van der Waals surface area contributed by atoms with Crippen LogP contribution in [-0.2, 0) is 13.0 Å². The maximum absolute atomic E-state index is 13.4. The number of rotatable bonds is 9. The lowest BCUT2D eigenvalue weighted by Crippen LogP contribution is -2.26. The molecule has 0 amide bonds. The van der Waals surface area contributed by atoms with Crippen molar-refractivity contribution in [3.8, 4) is 5.75 Å². The van der Waals surface area contributed by atoms with Crippen LogP contribution >= 0.6 is 11.6 Å². The Balaban J connectivity index is 1.44. The molecule has 0 aliphatic carbocycles. The van der Waals surface area contributed by atoms with Gasteiger partial charge in [0.2, 0.25) is 0 Å². The van der Waals surface area contributed by atoms with Gasteiger partial charge in [-0.05, 0) is 63.0 Å². The van der Waals surface area contributed by atoms with Crippen molar-refractivity contribution in [1.82, 2.24) is 14.9 Å². The van der Waals surface area contributed by atoms with Gasteiger partial charge in [-0.15, -0.1) is 0 Å². The Kier molecular flexibility index (Phi) is 7.07. The molecule has 0 radical (unpaired) electrons. The minimum atomic E-state index is -0.287. The third kappa shape index (κ3) is 5.47. The molecule has 4 rings (SSSR count). The van der Waals surface area contributed by atoms with Crippen molar-refractivity contribution in [3.05, 3.63) is 70.9 Å². The van der Waals surface area contributed by atoms with Crippen LogP contribution in [0.15, 0.2) is 48.8 Å². The van der Waals surface area contributed by atoms with Gasteiger partial charge in [-0.25, -0.2) is 14.4 Å². The maximum Gasteiger partial charge on any atom is 0.157 e. The molecule has 1 aromatic heterocycles. The maximum atomic E-state index is 13.4. The van der Waals surface area contributed by atoms with E-state index < -0.39 is 0 Å². The highest BCUT2D eigenvalue weighted by molar-refractivity contribution is 6.32. The van der Waals surface area contributed by atoms with Crippen LogP contribution < -0.4 is 15.0 Å². The number of aromatic nitrogens is 2. The van der Waals surface area contributed by atoms with Gasteiger partial charge in [0.05, 0.1) is 10.7 Å². The number of anilines is 3. The smallest absolute Gasteiger partial charge is 0.157 e. The van der Waals surface area contributed by atoms with Crippen molar-refractivity contribution < 1.29 is 9.13 Å². The molecule has 6 nitrogen and oxygen atoms in total. The van der Waals surface area contributed by atoms with E-state index >= 15 is 0 Å². The van der Waals surface area contributed by atoms with Crippen molar-refractivity contribution in [2.45, 2.75) is 19.4 Å². The second-order valence-corrected chi connectivity index (χ2v) is 8.51. The fourth-order valence-electron chi connectivity index (χ4n) is 3.80. The topological polar surface area (TPSA) is 53.5 Å². The molecule has 168 valence electrons. The van der Waals surface area contributed by atoms with Crippen LogP contribution in [0.4, 0.5) is 21.6 Å². The summed E-state index contributed by atoms with van der Waals surface area (Å²) < 4.78 is 19.1. The molecule has 0 fully saturated rings. The van der Waals surface area contributed by atoms with E-state index in [1.807, 2.05) is 18.2 Å². The van der Waals surface area contributed by atoms with Crippen LogP contribution in [0.25, 0.3) is 0 Å². The number of halogens is 2. The molecule has 0 saturated carbocycles. The van der Waals surface area contributed by atoms with Gasteiger partial charge in [0.15, 0.2) is 5.82 Å². The summed E-state index contributed by atoms with van der Waals surface area (Å²) in [5.74, 6) is 1.03. The summed E-state index contributed by atoms with van der Waals surface area (Å²) in [6.45, 7) is 3.19. The molecule has 0 spiro atoms. The third-order valence-electron chi connectivity index (χ3n) is 5.34. The molecule has 0 unspecified atom stereocenters. The lowest BCUT2D eigenvalue weighted by molar-refractivity contribution is 0.306. The number of nitrogens with zero attached hydrogens (tertiary/aromatic N) is 4. The highest BCUT2D eigenvalue weighted by Gasteiger charge is 2.24. The van der Waals surface area contributed by atoms with Gasteiger partial charge < -0.3 is 19.9 Å². The van der Waals surface area contributed by atoms with Crippen molar-refractivity contribution in [1.29, 1.82) is 0 Å². The Morgan fingerprint density at radius 3 is 2.84 bits per heavy atom. The van der Waals surface area contributed by atoms with Gasteiger partial charge >= 0.3 is 0 Å². The van der Waals surface area contributed by atoms with Crippen molar-refractivity contribution in [2.75, 3.05) is 43.9 Å². The molecule has 1 aliphatic heterocycles. The highest BCUT2D eigenvalue weighted by Crippen LogP contribution is 2.36. The summed E-state index contributed by atoms with van der Waals surface area (Å²) >= 11 is 6.45. The molecule has 2 heterocycles. The first-order valence-corrected chi connectivity index (χ1v) is 11.0. The van der Waals surface area contributed by atoms with E-state index in [2.05, 4.69) is 39.2 Å². The molecule has 1 N–H and O–H groups in total. The summed E-state index contributed by atoms with van der Waals surface area (Å²) in [5, 5.41) is 3.86. The summed E-state index contributed by atoms with van der Waals surface area (Å²) in [4.78, 5) is 13.5. The average molecular weight is 456 g/mol. The van der Waals surface area contributed by atoms with E-state index in [1.165, 1.54) is 12.1 Å². The molecular formula is C24H27ClFN5O. The van der Waals surface area contributed by atoms with Crippen molar-refractivity contribution >= 4 is 28.8 Å². The molecule has 32 heavy (non-hydrogen) atoms. The molecule has 1 aliphatic rings. The summed E-state index contributed by atoms with van der Waals surface area (Å²) in [6, 6.07) is 11.8.